The number of nitrogens with zero attached hydrogens (tertiary/aromatic N) is 2. The van der Waals surface area contributed by atoms with Gasteiger partial charge in [-0.2, -0.15) is 0 Å². The molecular weight excluding hydrogens is 570 g/mol. The molecule has 3 aromatic rings. The fourth-order valence-corrected chi connectivity index (χ4v) is 6.95. The van der Waals surface area contributed by atoms with Crippen LogP contribution in [0.15, 0.2) is 77.7 Å². The Kier molecular flexibility index (Phi) is 10.7. The molecule has 0 aromatic heterocycles. The molecule has 0 saturated heterocycles. The lowest BCUT2D eigenvalue weighted by molar-refractivity contribution is -0.140. The molecule has 2 amide bonds. The number of aryl methyl sites for hydroxylation is 2. The van der Waals surface area contributed by atoms with Crippen LogP contribution in [0, 0.1) is 13.8 Å². The molecule has 1 atom stereocenters. The molecule has 1 aliphatic carbocycles. The van der Waals surface area contributed by atoms with Crippen molar-refractivity contribution in [3.8, 4) is 0 Å². The second-order valence-electron chi connectivity index (χ2n) is 11.0. The fraction of sp³-hybridized carbons (Fsp3) is 0.394. The second-order valence-corrected chi connectivity index (χ2v) is 13.3. The van der Waals surface area contributed by atoms with Crippen molar-refractivity contribution < 1.29 is 18.0 Å². The highest BCUT2D eigenvalue weighted by molar-refractivity contribution is 7.92. The topological polar surface area (TPSA) is 86.8 Å². The van der Waals surface area contributed by atoms with E-state index >= 15 is 0 Å². The zero-order valence-corrected chi connectivity index (χ0v) is 26.1. The lowest BCUT2D eigenvalue weighted by Gasteiger charge is -2.34. The van der Waals surface area contributed by atoms with Gasteiger partial charge in [-0.1, -0.05) is 79.7 Å². The number of benzene rings is 3. The lowest BCUT2D eigenvalue weighted by atomic mass is 9.95. The molecule has 0 radical (unpaired) electrons. The van der Waals surface area contributed by atoms with E-state index in [9.17, 15) is 18.0 Å². The van der Waals surface area contributed by atoms with Gasteiger partial charge in [0, 0.05) is 17.6 Å². The number of carbonyl (C=O) groups excluding carboxylic acids is 2. The standard InChI is InChI=1S/C33H40ClN3O4S/c1-4-31(33(39)35-28-12-6-5-7-13-28)36(22-26-11-9-8-10-25(26)3)32(38)23-37(29-18-14-24(2)15-19-29)42(40,41)30-20-16-27(34)17-21-30/h8-11,14-21,28,31H,4-7,12-13,22-23H2,1-3H3,(H,35,39). The van der Waals surface area contributed by atoms with Crippen LogP contribution in [0.5, 0.6) is 0 Å². The minimum Gasteiger partial charge on any atom is -0.352 e. The Morgan fingerprint density at radius 3 is 2.19 bits per heavy atom. The van der Waals surface area contributed by atoms with Crippen LogP contribution < -0.4 is 9.62 Å². The third kappa shape index (κ3) is 7.72. The summed E-state index contributed by atoms with van der Waals surface area (Å²) in [6.45, 7) is 5.47. The second kappa shape index (κ2) is 14.2. The van der Waals surface area contributed by atoms with E-state index in [1.807, 2.05) is 57.2 Å². The molecule has 9 heteroatoms. The summed E-state index contributed by atoms with van der Waals surface area (Å²) in [6.07, 6.45) is 5.55. The highest BCUT2D eigenvalue weighted by Crippen LogP contribution is 2.27. The number of sulfonamides is 1. The van der Waals surface area contributed by atoms with Gasteiger partial charge >= 0.3 is 0 Å². The molecule has 0 heterocycles. The summed E-state index contributed by atoms with van der Waals surface area (Å²) in [6, 6.07) is 19.9. The van der Waals surface area contributed by atoms with E-state index < -0.39 is 28.5 Å². The van der Waals surface area contributed by atoms with Gasteiger partial charge < -0.3 is 10.2 Å². The number of anilines is 1. The van der Waals surface area contributed by atoms with Gasteiger partial charge in [-0.05, 0) is 80.6 Å². The van der Waals surface area contributed by atoms with Crippen LogP contribution in [-0.2, 0) is 26.2 Å². The fourth-order valence-electron chi connectivity index (χ4n) is 5.41. The van der Waals surface area contributed by atoms with Gasteiger partial charge in [0.25, 0.3) is 10.0 Å². The molecule has 4 rings (SSSR count). The summed E-state index contributed by atoms with van der Waals surface area (Å²) < 4.78 is 29.1. The molecule has 0 spiro atoms. The predicted molar refractivity (Wildman–Crippen MR) is 168 cm³/mol. The van der Waals surface area contributed by atoms with E-state index in [0.29, 0.717) is 17.1 Å². The first-order valence-corrected chi connectivity index (χ1v) is 16.4. The Balaban J connectivity index is 1.71. The summed E-state index contributed by atoms with van der Waals surface area (Å²) in [4.78, 5) is 29.5. The molecule has 1 N–H and O–H groups in total. The van der Waals surface area contributed by atoms with E-state index in [2.05, 4.69) is 5.32 Å². The number of rotatable bonds is 11. The van der Waals surface area contributed by atoms with E-state index in [1.54, 1.807) is 17.0 Å². The number of carbonyl (C=O) groups is 2. The SMILES string of the molecule is CCC(C(=O)NC1CCCCC1)N(Cc1ccccc1C)C(=O)CN(c1ccc(C)cc1)S(=O)(=O)c1ccc(Cl)cc1. The van der Waals surface area contributed by atoms with Gasteiger partial charge in [-0.3, -0.25) is 13.9 Å². The molecular formula is C33H40ClN3O4S. The van der Waals surface area contributed by atoms with Gasteiger partial charge in [-0.25, -0.2) is 8.42 Å². The lowest BCUT2D eigenvalue weighted by Crippen LogP contribution is -2.54. The normalized spacial score (nSPS) is 14.7. The van der Waals surface area contributed by atoms with Crippen molar-refractivity contribution in [3.05, 3.63) is 94.5 Å². The van der Waals surface area contributed by atoms with Crippen molar-refractivity contribution in [1.29, 1.82) is 0 Å². The number of hydrogen-bond donors (Lipinski definition) is 1. The van der Waals surface area contributed by atoms with Crippen molar-refractivity contribution in [2.45, 2.75) is 82.8 Å². The summed E-state index contributed by atoms with van der Waals surface area (Å²) in [7, 11) is -4.14. The number of hydrogen-bond acceptors (Lipinski definition) is 4. The molecule has 1 saturated carbocycles. The highest BCUT2D eigenvalue weighted by Gasteiger charge is 2.34. The molecule has 7 nitrogen and oxygen atoms in total. The van der Waals surface area contributed by atoms with Crippen LogP contribution >= 0.6 is 11.6 Å². The summed E-state index contributed by atoms with van der Waals surface area (Å²) in [5.41, 5.74) is 3.21. The maximum absolute atomic E-state index is 14.3. The van der Waals surface area contributed by atoms with Gasteiger partial charge in [0.2, 0.25) is 11.8 Å². The zero-order chi connectivity index (χ0) is 30.3. The van der Waals surface area contributed by atoms with Crippen LogP contribution in [0.1, 0.15) is 62.1 Å². The average molecular weight is 610 g/mol. The van der Waals surface area contributed by atoms with Gasteiger partial charge in [0.15, 0.2) is 0 Å². The van der Waals surface area contributed by atoms with E-state index in [4.69, 9.17) is 11.6 Å². The predicted octanol–water partition coefficient (Wildman–Crippen LogP) is 6.41. The number of nitrogens with one attached hydrogen (secondary N) is 1. The zero-order valence-electron chi connectivity index (χ0n) is 24.6. The van der Waals surface area contributed by atoms with Crippen LogP contribution in [-0.4, -0.2) is 43.8 Å². The molecule has 1 aliphatic rings. The molecule has 0 aliphatic heterocycles. The minimum absolute atomic E-state index is 0.0211. The molecule has 1 unspecified atom stereocenters. The van der Waals surface area contributed by atoms with Crippen molar-refractivity contribution in [3.63, 3.8) is 0 Å². The Bertz CT molecular complexity index is 1470. The third-order valence-corrected chi connectivity index (χ3v) is 9.98. The number of amides is 2. The summed E-state index contributed by atoms with van der Waals surface area (Å²) in [5.74, 6) is -0.657. The molecule has 0 bridgehead atoms. The monoisotopic (exact) mass is 609 g/mol. The first kappa shape index (κ1) is 31.6. The van der Waals surface area contributed by atoms with Crippen LogP contribution in [0.2, 0.25) is 5.02 Å². The van der Waals surface area contributed by atoms with Crippen molar-refractivity contribution in [1.82, 2.24) is 10.2 Å². The molecule has 42 heavy (non-hydrogen) atoms. The van der Waals surface area contributed by atoms with E-state index in [0.717, 1.165) is 46.7 Å². The largest absolute Gasteiger partial charge is 0.352 e. The third-order valence-electron chi connectivity index (χ3n) is 7.94. The van der Waals surface area contributed by atoms with Crippen molar-refractivity contribution in [2.75, 3.05) is 10.8 Å². The Hall–Kier alpha value is -3.36. The Labute approximate surface area is 254 Å². The summed E-state index contributed by atoms with van der Waals surface area (Å²) in [5, 5.41) is 3.59. The number of halogens is 1. The highest BCUT2D eigenvalue weighted by atomic mass is 35.5. The quantitative estimate of drug-likeness (QED) is 0.272. The first-order valence-electron chi connectivity index (χ1n) is 14.6. The molecule has 224 valence electrons. The Morgan fingerprint density at radius 1 is 0.929 bits per heavy atom. The molecule has 1 fully saturated rings. The van der Waals surface area contributed by atoms with Gasteiger partial charge in [0.1, 0.15) is 12.6 Å². The van der Waals surface area contributed by atoms with Gasteiger partial charge in [-0.15, -0.1) is 0 Å². The van der Waals surface area contributed by atoms with Crippen molar-refractivity contribution >= 4 is 39.1 Å². The Morgan fingerprint density at radius 2 is 1.57 bits per heavy atom. The molecule has 3 aromatic carbocycles. The van der Waals surface area contributed by atoms with Gasteiger partial charge in [0.05, 0.1) is 10.6 Å². The minimum atomic E-state index is -4.14. The average Bonchev–Trinajstić information content (AvgIpc) is 2.98. The summed E-state index contributed by atoms with van der Waals surface area (Å²) >= 11 is 6.03. The van der Waals surface area contributed by atoms with Crippen molar-refractivity contribution in [2.24, 2.45) is 0 Å². The maximum atomic E-state index is 14.3. The maximum Gasteiger partial charge on any atom is 0.264 e. The van der Waals surface area contributed by atoms with E-state index in [1.165, 1.54) is 30.7 Å². The van der Waals surface area contributed by atoms with E-state index in [-0.39, 0.29) is 23.4 Å². The first-order chi connectivity index (χ1) is 20.1. The van der Waals surface area contributed by atoms with Crippen LogP contribution in [0.3, 0.4) is 0 Å². The smallest absolute Gasteiger partial charge is 0.264 e. The van der Waals surface area contributed by atoms with Crippen LogP contribution in [0.4, 0.5) is 5.69 Å². The van der Waals surface area contributed by atoms with Crippen LogP contribution in [0.25, 0.3) is 0 Å².